The minimum Gasteiger partial charge on any atom is -0.484 e. The molecule has 19 heavy (non-hydrogen) atoms. The normalized spacial score (nSPS) is 18.4. The molecule has 6 heteroatoms. The average molecular weight is 263 g/mol. The smallest absolute Gasteiger partial charge is 0.308 e. The molecule has 2 amide bonds. The molecule has 1 atom stereocenters. The van der Waals surface area contributed by atoms with Crippen LogP contribution >= 0.6 is 0 Å². The molecule has 0 saturated carbocycles. The zero-order valence-electron chi connectivity index (χ0n) is 10.1. The Morgan fingerprint density at radius 3 is 2.58 bits per heavy atom. The highest BCUT2D eigenvalue weighted by Crippen LogP contribution is 2.18. The van der Waals surface area contributed by atoms with Crippen molar-refractivity contribution in [1.82, 2.24) is 4.90 Å². The molecule has 1 heterocycles. The number of amides is 2. The molecule has 1 saturated heterocycles. The first-order valence-electron chi connectivity index (χ1n) is 5.82. The first kappa shape index (κ1) is 13.1. The van der Waals surface area contributed by atoms with Gasteiger partial charge in [-0.25, -0.2) is 0 Å². The molecule has 1 N–H and O–H groups in total. The SMILES string of the molecule is O=C(O)C1CC(=O)N(C(=O)COc2ccccc2)C1. The molecule has 1 aliphatic rings. The number of hydrogen-bond donors (Lipinski definition) is 1. The molecule has 1 unspecified atom stereocenters. The van der Waals surface area contributed by atoms with Crippen LogP contribution in [0.4, 0.5) is 0 Å². The number of rotatable bonds is 4. The molecular weight excluding hydrogens is 250 g/mol. The Morgan fingerprint density at radius 1 is 1.32 bits per heavy atom. The number of carbonyl (C=O) groups is 3. The number of hydrogen-bond acceptors (Lipinski definition) is 4. The number of carboxylic acid groups (broad SMARTS) is 1. The molecule has 0 bridgehead atoms. The summed E-state index contributed by atoms with van der Waals surface area (Å²) in [7, 11) is 0. The fourth-order valence-corrected chi connectivity index (χ4v) is 1.85. The van der Waals surface area contributed by atoms with Gasteiger partial charge >= 0.3 is 5.97 Å². The third-order valence-electron chi connectivity index (χ3n) is 2.88. The third kappa shape index (κ3) is 3.09. The Kier molecular flexibility index (Phi) is 3.79. The molecule has 6 nitrogen and oxygen atoms in total. The van der Waals surface area contributed by atoms with Crippen LogP contribution in [0.15, 0.2) is 30.3 Å². The van der Waals surface area contributed by atoms with Gasteiger partial charge in [0.1, 0.15) is 5.75 Å². The number of para-hydroxylation sites is 1. The van der Waals surface area contributed by atoms with Crippen molar-refractivity contribution in [2.45, 2.75) is 6.42 Å². The maximum atomic E-state index is 11.8. The van der Waals surface area contributed by atoms with Crippen LogP contribution in [-0.2, 0) is 14.4 Å². The molecule has 1 aliphatic heterocycles. The van der Waals surface area contributed by atoms with E-state index in [1.807, 2.05) is 6.07 Å². The predicted octanol–water partition coefficient (Wildman–Crippen LogP) is 0.525. The summed E-state index contributed by atoms with van der Waals surface area (Å²) in [6.07, 6.45) is -0.133. The molecule has 1 aromatic rings. The molecule has 1 fully saturated rings. The van der Waals surface area contributed by atoms with Gasteiger partial charge < -0.3 is 9.84 Å². The number of ether oxygens (including phenoxy) is 1. The van der Waals surface area contributed by atoms with Gasteiger partial charge in [-0.3, -0.25) is 19.3 Å². The Morgan fingerprint density at radius 2 is 2.00 bits per heavy atom. The second kappa shape index (κ2) is 5.51. The van der Waals surface area contributed by atoms with Crippen molar-refractivity contribution in [2.75, 3.05) is 13.2 Å². The van der Waals surface area contributed by atoms with Crippen molar-refractivity contribution in [1.29, 1.82) is 0 Å². The lowest BCUT2D eigenvalue weighted by molar-refractivity contribution is -0.143. The van der Waals surface area contributed by atoms with Gasteiger partial charge in [-0.15, -0.1) is 0 Å². The number of benzene rings is 1. The van der Waals surface area contributed by atoms with Gasteiger partial charge in [0.25, 0.3) is 5.91 Å². The van der Waals surface area contributed by atoms with Crippen LogP contribution in [-0.4, -0.2) is 40.9 Å². The van der Waals surface area contributed by atoms with Gasteiger partial charge in [-0.05, 0) is 12.1 Å². The fourth-order valence-electron chi connectivity index (χ4n) is 1.85. The van der Waals surface area contributed by atoms with E-state index in [2.05, 4.69) is 0 Å². The summed E-state index contributed by atoms with van der Waals surface area (Å²) < 4.78 is 5.23. The lowest BCUT2D eigenvalue weighted by atomic mass is 10.1. The van der Waals surface area contributed by atoms with Crippen LogP contribution in [0.1, 0.15) is 6.42 Å². The molecule has 1 aromatic carbocycles. The van der Waals surface area contributed by atoms with E-state index in [-0.39, 0.29) is 19.6 Å². The monoisotopic (exact) mass is 263 g/mol. The van der Waals surface area contributed by atoms with Crippen molar-refractivity contribution in [3.8, 4) is 5.75 Å². The van der Waals surface area contributed by atoms with Crippen LogP contribution in [0.5, 0.6) is 5.75 Å². The summed E-state index contributed by atoms with van der Waals surface area (Å²) in [5, 5.41) is 8.82. The summed E-state index contributed by atoms with van der Waals surface area (Å²) in [5.74, 6) is -2.33. The minimum atomic E-state index is -1.06. The van der Waals surface area contributed by atoms with E-state index in [1.165, 1.54) is 0 Å². The molecule has 0 aromatic heterocycles. The standard InChI is InChI=1S/C13H13NO5/c15-11-6-9(13(17)18)7-14(11)12(16)8-19-10-4-2-1-3-5-10/h1-5,9H,6-8H2,(H,17,18). The average Bonchev–Trinajstić information content (AvgIpc) is 2.80. The molecule has 0 aliphatic carbocycles. The predicted molar refractivity (Wildman–Crippen MR) is 64.4 cm³/mol. The lowest BCUT2D eigenvalue weighted by Crippen LogP contribution is -2.36. The Labute approximate surface area is 109 Å². The van der Waals surface area contributed by atoms with E-state index < -0.39 is 23.7 Å². The van der Waals surface area contributed by atoms with Crippen molar-refractivity contribution >= 4 is 17.8 Å². The number of carboxylic acids is 1. The molecule has 0 spiro atoms. The highest BCUT2D eigenvalue weighted by atomic mass is 16.5. The highest BCUT2D eigenvalue weighted by molar-refractivity contribution is 5.99. The molecule has 2 rings (SSSR count). The number of imide groups is 1. The van der Waals surface area contributed by atoms with Crippen LogP contribution in [0.25, 0.3) is 0 Å². The fraction of sp³-hybridized carbons (Fsp3) is 0.308. The second-order valence-corrected chi connectivity index (χ2v) is 4.24. The van der Waals surface area contributed by atoms with E-state index in [4.69, 9.17) is 9.84 Å². The number of nitrogens with zero attached hydrogens (tertiary/aromatic N) is 1. The van der Waals surface area contributed by atoms with Gasteiger partial charge in [0.2, 0.25) is 5.91 Å². The van der Waals surface area contributed by atoms with Crippen molar-refractivity contribution in [3.05, 3.63) is 30.3 Å². The zero-order valence-corrected chi connectivity index (χ0v) is 10.1. The summed E-state index contributed by atoms with van der Waals surface area (Å²) >= 11 is 0. The third-order valence-corrected chi connectivity index (χ3v) is 2.88. The van der Waals surface area contributed by atoms with E-state index in [1.54, 1.807) is 24.3 Å². The summed E-state index contributed by atoms with van der Waals surface area (Å²) in [6, 6.07) is 8.73. The lowest BCUT2D eigenvalue weighted by Gasteiger charge is -2.14. The minimum absolute atomic E-state index is 0.0782. The molecule has 0 radical (unpaired) electrons. The summed E-state index contributed by atoms with van der Waals surface area (Å²) in [4.78, 5) is 35.0. The highest BCUT2D eigenvalue weighted by Gasteiger charge is 2.37. The zero-order chi connectivity index (χ0) is 13.8. The molecular formula is C13H13NO5. The Hall–Kier alpha value is -2.37. The quantitative estimate of drug-likeness (QED) is 0.856. The van der Waals surface area contributed by atoms with Gasteiger partial charge in [0.05, 0.1) is 5.92 Å². The van der Waals surface area contributed by atoms with Gasteiger partial charge in [-0.1, -0.05) is 18.2 Å². The summed E-state index contributed by atoms with van der Waals surface area (Å²) in [6.45, 7) is -0.354. The maximum Gasteiger partial charge on any atom is 0.308 e. The Balaban J connectivity index is 1.90. The second-order valence-electron chi connectivity index (χ2n) is 4.24. The van der Waals surface area contributed by atoms with Gasteiger partial charge in [-0.2, -0.15) is 0 Å². The number of carbonyl (C=O) groups excluding carboxylic acids is 2. The topological polar surface area (TPSA) is 83.9 Å². The van der Waals surface area contributed by atoms with Crippen LogP contribution < -0.4 is 4.74 Å². The van der Waals surface area contributed by atoms with Gasteiger partial charge in [0.15, 0.2) is 6.61 Å². The maximum absolute atomic E-state index is 11.8. The van der Waals surface area contributed by atoms with E-state index in [0.717, 1.165) is 4.90 Å². The van der Waals surface area contributed by atoms with Crippen LogP contribution in [0, 0.1) is 5.92 Å². The van der Waals surface area contributed by atoms with Crippen LogP contribution in [0.2, 0.25) is 0 Å². The van der Waals surface area contributed by atoms with Gasteiger partial charge in [0, 0.05) is 13.0 Å². The van der Waals surface area contributed by atoms with E-state index in [9.17, 15) is 14.4 Å². The summed E-state index contributed by atoms with van der Waals surface area (Å²) in [5.41, 5.74) is 0. The molecule has 100 valence electrons. The Bertz CT molecular complexity index is 499. The number of aliphatic carboxylic acids is 1. The van der Waals surface area contributed by atoms with Crippen LogP contribution in [0.3, 0.4) is 0 Å². The van der Waals surface area contributed by atoms with E-state index in [0.29, 0.717) is 5.75 Å². The first-order valence-corrected chi connectivity index (χ1v) is 5.82. The number of likely N-dealkylation sites (tertiary alicyclic amines) is 1. The van der Waals surface area contributed by atoms with Crippen molar-refractivity contribution < 1.29 is 24.2 Å². The largest absolute Gasteiger partial charge is 0.484 e. The van der Waals surface area contributed by atoms with E-state index >= 15 is 0 Å². The van der Waals surface area contributed by atoms with Crippen molar-refractivity contribution in [2.24, 2.45) is 5.92 Å². The first-order chi connectivity index (χ1) is 9.08. The van der Waals surface area contributed by atoms with Crippen molar-refractivity contribution in [3.63, 3.8) is 0 Å².